The van der Waals surface area contributed by atoms with Gasteiger partial charge >= 0.3 is 0 Å². The highest BCUT2D eigenvalue weighted by molar-refractivity contribution is 5.51. The molecule has 0 aliphatic rings. The monoisotopic (exact) mass is 231 g/mol. The zero-order valence-electron chi connectivity index (χ0n) is 9.93. The van der Waals surface area contributed by atoms with Gasteiger partial charge in [0.05, 0.1) is 11.9 Å². The molecule has 0 saturated heterocycles. The van der Waals surface area contributed by atoms with Crippen molar-refractivity contribution in [3.05, 3.63) is 30.1 Å². The van der Waals surface area contributed by atoms with Crippen LogP contribution in [0.25, 0.3) is 11.4 Å². The Morgan fingerprint density at radius 2 is 2.18 bits per heavy atom. The molecule has 0 radical (unpaired) electrons. The van der Waals surface area contributed by atoms with Crippen molar-refractivity contribution in [2.45, 2.75) is 32.2 Å². The Labute approximate surface area is 100 Å². The fraction of sp³-hybridized carbons (Fsp3) is 0.417. The van der Waals surface area contributed by atoms with Crippen LogP contribution in [-0.2, 0) is 0 Å². The zero-order chi connectivity index (χ0) is 12.1. The van der Waals surface area contributed by atoms with E-state index in [9.17, 15) is 0 Å². The molecule has 17 heavy (non-hydrogen) atoms. The molecule has 2 aromatic rings. The number of H-pyrrole nitrogens is 1. The Kier molecular flexibility index (Phi) is 3.82. The van der Waals surface area contributed by atoms with Crippen molar-refractivity contribution in [1.82, 2.24) is 20.4 Å². The summed E-state index contributed by atoms with van der Waals surface area (Å²) in [6, 6.07) is 4.02. The summed E-state index contributed by atoms with van der Waals surface area (Å²) < 4.78 is 0. The minimum atomic E-state index is 0.0776. The van der Waals surface area contributed by atoms with Crippen LogP contribution in [0, 0.1) is 0 Å². The average molecular weight is 231 g/mol. The number of hydrogen-bond donors (Lipinski definition) is 2. The molecule has 0 aromatic carbocycles. The SMILES string of the molecule is CCCCC(N)c1ccc(-c2cn[nH]n2)nc1. The van der Waals surface area contributed by atoms with Crippen molar-refractivity contribution < 1.29 is 0 Å². The van der Waals surface area contributed by atoms with Gasteiger partial charge < -0.3 is 5.73 Å². The Balaban J connectivity index is 2.08. The van der Waals surface area contributed by atoms with E-state index in [0.717, 1.165) is 36.2 Å². The van der Waals surface area contributed by atoms with E-state index in [2.05, 4.69) is 27.3 Å². The predicted octanol–water partition coefficient (Wildman–Crippen LogP) is 2.06. The first-order valence-corrected chi connectivity index (χ1v) is 5.89. The standard InChI is InChI=1S/C12H17N5/c1-2-3-4-10(13)9-5-6-11(14-7-9)12-8-15-17-16-12/h5-8,10H,2-4,13H2,1H3,(H,15,16,17). The number of pyridine rings is 1. The van der Waals surface area contributed by atoms with E-state index in [1.807, 2.05) is 18.3 Å². The van der Waals surface area contributed by atoms with Crippen LogP contribution in [0.2, 0.25) is 0 Å². The molecule has 5 nitrogen and oxygen atoms in total. The number of nitrogens with one attached hydrogen (secondary N) is 1. The van der Waals surface area contributed by atoms with Gasteiger partial charge in [0.15, 0.2) is 0 Å². The van der Waals surface area contributed by atoms with Crippen molar-refractivity contribution in [3.8, 4) is 11.4 Å². The molecule has 0 bridgehead atoms. The number of nitrogens with two attached hydrogens (primary N) is 1. The van der Waals surface area contributed by atoms with Gasteiger partial charge in [0.1, 0.15) is 5.69 Å². The molecule has 0 spiro atoms. The molecule has 0 aliphatic carbocycles. The first-order valence-electron chi connectivity index (χ1n) is 5.89. The van der Waals surface area contributed by atoms with Gasteiger partial charge in [-0.3, -0.25) is 4.98 Å². The molecular weight excluding hydrogens is 214 g/mol. The third-order valence-corrected chi connectivity index (χ3v) is 2.76. The van der Waals surface area contributed by atoms with E-state index in [0.29, 0.717) is 0 Å². The fourth-order valence-corrected chi connectivity index (χ4v) is 1.69. The summed E-state index contributed by atoms with van der Waals surface area (Å²) in [5.74, 6) is 0. The van der Waals surface area contributed by atoms with Gasteiger partial charge in [0, 0.05) is 12.2 Å². The van der Waals surface area contributed by atoms with E-state index in [-0.39, 0.29) is 6.04 Å². The number of aromatic amines is 1. The van der Waals surface area contributed by atoms with Gasteiger partial charge in [-0.05, 0) is 18.1 Å². The number of rotatable bonds is 5. The van der Waals surface area contributed by atoms with Crippen LogP contribution in [0.15, 0.2) is 24.5 Å². The third kappa shape index (κ3) is 2.88. The van der Waals surface area contributed by atoms with Crippen LogP contribution >= 0.6 is 0 Å². The summed E-state index contributed by atoms with van der Waals surface area (Å²) in [5.41, 5.74) is 8.71. The van der Waals surface area contributed by atoms with Crippen LogP contribution in [0.5, 0.6) is 0 Å². The molecule has 3 N–H and O–H groups in total. The average Bonchev–Trinajstić information content (AvgIpc) is 2.90. The Bertz CT molecular complexity index is 434. The van der Waals surface area contributed by atoms with Crippen LogP contribution < -0.4 is 5.73 Å². The summed E-state index contributed by atoms with van der Waals surface area (Å²) in [7, 11) is 0. The molecule has 0 fully saturated rings. The first-order chi connectivity index (χ1) is 8.31. The van der Waals surface area contributed by atoms with Gasteiger partial charge in [-0.1, -0.05) is 25.8 Å². The highest BCUT2D eigenvalue weighted by atomic mass is 15.3. The lowest BCUT2D eigenvalue weighted by Crippen LogP contribution is -2.10. The lowest BCUT2D eigenvalue weighted by atomic mass is 10.0. The summed E-state index contributed by atoms with van der Waals surface area (Å²) in [6.07, 6.45) is 6.79. The Hall–Kier alpha value is -1.75. The molecule has 1 atom stereocenters. The van der Waals surface area contributed by atoms with Crippen LogP contribution in [-0.4, -0.2) is 20.4 Å². The molecule has 2 rings (SSSR count). The molecule has 2 heterocycles. The number of unbranched alkanes of at least 4 members (excludes halogenated alkanes) is 1. The minimum absolute atomic E-state index is 0.0776. The van der Waals surface area contributed by atoms with E-state index in [4.69, 9.17) is 5.73 Å². The number of nitrogens with zero attached hydrogens (tertiary/aromatic N) is 3. The molecule has 5 heteroatoms. The van der Waals surface area contributed by atoms with E-state index >= 15 is 0 Å². The summed E-state index contributed by atoms with van der Waals surface area (Å²) in [4.78, 5) is 4.35. The zero-order valence-corrected chi connectivity index (χ0v) is 9.93. The molecule has 0 amide bonds. The normalized spacial score (nSPS) is 12.6. The smallest absolute Gasteiger partial charge is 0.131 e. The lowest BCUT2D eigenvalue weighted by Gasteiger charge is -2.10. The number of aromatic nitrogens is 4. The van der Waals surface area contributed by atoms with Gasteiger partial charge in [-0.15, -0.1) is 0 Å². The van der Waals surface area contributed by atoms with E-state index < -0.39 is 0 Å². The van der Waals surface area contributed by atoms with Gasteiger partial charge in [0.2, 0.25) is 0 Å². The van der Waals surface area contributed by atoms with Crippen molar-refractivity contribution in [2.75, 3.05) is 0 Å². The van der Waals surface area contributed by atoms with Gasteiger partial charge in [-0.25, -0.2) is 0 Å². The maximum atomic E-state index is 6.08. The maximum Gasteiger partial charge on any atom is 0.131 e. The highest BCUT2D eigenvalue weighted by Crippen LogP contribution is 2.18. The van der Waals surface area contributed by atoms with Crippen molar-refractivity contribution >= 4 is 0 Å². The molecular formula is C12H17N5. The van der Waals surface area contributed by atoms with Crippen molar-refractivity contribution in [3.63, 3.8) is 0 Å². The Morgan fingerprint density at radius 1 is 1.29 bits per heavy atom. The minimum Gasteiger partial charge on any atom is -0.324 e. The third-order valence-electron chi connectivity index (χ3n) is 2.76. The molecule has 0 aliphatic heterocycles. The topological polar surface area (TPSA) is 80.5 Å². The van der Waals surface area contributed by atoms with Crippen molar-refractivity contribution in [1.29, 1.82) is 0 Å². The summed E-state index contributed by atoms with van der Waals surface area (Å²) in [5, 5.41) is 10.3. The van der Waals surface area contributed by atoms with Gasteiger partial charge in [-0.2, -0.15) is 15.4 Å². The maximum absolute atomic E-state index is 6.08. The second-order valence-corrected chi connectivity index (χ2v) is 4.08. The molecule has 2 aromatic heterocycles. The van der Waals surface area contributed by atoms with Crippen molar-refractivity contribution in [2.24, 2.45) is 5.73 Å². The highest BCUT2D eigenvalue weighted by Gasteiger charge is 2.07. The van der Waals surface area contributed by atoms with E-state index in [1.54, 1.807) is 6.20 Å². The molecule has 0 saturated carbocycles. The van der Waals surface area contributed by atoms with Crippen LogP contribution in [0.3, 0.4) is 0 Å². The fourth-order valence-electron chi connectivity index (χ4n) is 1.69. The predicted molar refractivity (Wildman–Crippen MR) is 66.1 cm³/mol. The second kappa shape index (κ2) is 5.54. The van der Waals surface area contributed by atoms with Crippen LogP contribution in [0.4, 0.5) is 0 Å². The largest absolute Gasteiger partial charge is 0.324 e. The summed E-state index contributed by atoms with van der Waals surface area (Å²) in [6.45, 7) is 2.17. The van der Waals surface area contributed by atoms with Crippen LogP contribution in [0.1, 0.15) is 37.8 Å². The summed E-state index contributed by atoms with van der Waals surface area (Å²) >= 11 is 0. The quantitative estimate of drug-likeness (QED) is 0.825. The first kappa shape index (κ1) is 11.7. The van der Waals surface area contributed by atoms with Gasteiger partial charge in [0.25, 0.3) is 0 Å². The molecule has 90 valence electrons. The lowest BCUT2D eigenvalue weighted by molar-refractivity contribution is 0.602. The Morgan fingerprint density at radius 3 is 2.76 bits per heavy atom. The second-order valence-electron chi connectivity index (χ2n) is 4.08. The van der Waals surface area contributed by atoms with E-state index in [1.165, 1.54) is 0 Å². The number of hydrogen-bond acceptors (Lipinski definition) is 4. The molecule has 1 unspecified atom stereocenters.